The zero-order chi connectivity index (χ0) is 10.6. The number of nitriles is 1. The highest BCUT2D eigenvalue weighted by atomic mass is 32.1. The smallest absolute Gasteiger partial charge is 0.0684 e. The van der Waals surface area contributed by atoms with Gasteiger partial charge in [0.1, 0.15) is 0 Å². The lowest BCUT2D eigenvalue weighted by molar-refractivity contribution is 0.449. The zero-order valence-electron chi connectivity index (χ0n) is 8.57. The van der Waals surface area contributed by atoms with E-state index in [1.54, 1.807) is 0 Å². The summed E-state index contributed by atoms with van der Waals surface area (Å²) in [4.78, 5) is 0. The molecular weight excluding hydrogens is 190 g/mol. The summed E-state index contributed by atoms with van der Waals surface area (Å²) < 4.78 is 0. The molecule has 74 valence electrons. The third kappa shape index (κ3) is 3.08. The predicted octanol–water partition coefficient (Wildman–Crippen LogP) is 3.60. The number of rotatable bonds is 3. The molecule has 1 unspecified atom stereocenters. The van der Waals surface area contributed by atoms with Crippen LogP contribution in [0.15, 0.2) is 30.3 Å². The van der Waals surface area contributed by atoms with E-state index in [9.17, 15) is 0 Å². The topological polar surface area (TPSA) is 23.8 Å². The third-order valence-corrected chi connectivity index (χ3v) is 2.67. The molecule has 1 aromatic carbocycles. The van der Waals surface area contributed by atoms with Crippen molar-refractivity contribution in [3.63, 3.8) is 0 Å². The highest BCUT2D eigenvalue weighted by Crippen LogP contribution is 2.33. The van der Waals surface area contributed by atoms with Crippen LogP contribution in [0.3, 0.4) is 0 Å². The van der Waals surface area contributed by atoms with Crippen molar-refractivity contribution < 1.29 is 0 Å². The van der Waals surface area contributed by atoms with Gasteiger partial charge in [-0.3, -0.25) is 0 Å². The fraction of sp³-hybridized carbons (Fsp3) is 0.417. The Bertz CT molecular complexity index is 324. The van der Waals surface area contributed by atoms with E-state index in [-0.39, 0.29) is 10.7 Å². The molecular formula is C12H15NS. The summed E-state index contributed by atoms with van der Waals surface area (Å²) in [6.07, 6.45) is 0.774. The number of benzene rings is 1. The molecule has 14 heavy (non-hydrogen) atoms. The fourth-order valence-corrected chi connectivity index (χ4v) is 1.95. The summed E-state index contributed by atoms with van der Waals surface area (Å²) >= 11 is 4.52. The minimum Gasteiger partial charge on any atom is -0.198 e. The summed E-state index contributed by atoms with van der Waals surface area (Å²) in [7, 11) is 0. The van der Waals surface area contributed by atoms with Gasteiger partial charge in [0.15, 0.2) is 0 Å². The lowest BCUT2D eigenvalue weighted by Gasteiger charge is -2.20. The maximum absolute atomic E-state index is 8.91. The average molecular weight is 205 g/mol. The predicted molar refractivity (Wildman–Crippen MR) is 62.2 cm³/mol. The van der Waals surface area contributed by atoms with Gasteiger partial charge in [0.2, 0.25) is 0 Å². The van der Waals surface area contributed by atoms with Crippen molar-refractivity contribution in [2.45, 2.75) is 25.5 Å². The molecule has 1 atom stereocenters. The van der Waals surface area contributed by atoms with E-state index in [4.69, 9.17) is 5.26 Å². The van der Waals surface area contributed by atoms with Crippen LogP contribution in [0.25, 0.3) is 0 Å². The first kappa shape index (κ1) is 11.1. The maximum Gasteiger partial charge on any atom is 0.0684 e. The van der Waals surface area contributed by atoms with Crippen molar-refractivity contribution in [1.82, 2.24) is 0 Å². The summed E-state index contributed by atoms with van der Waals surface area (Å²) in [6.45, 7) is 3.89. The number of thiol groups is 1. The standard InChI is InChI=1S/C12H15NS/c1-12(2,9-13)8-11(14)10-6-4-3-5-7-10/h3-7,11,14H,8H2,1-2H3. The molecule has 0 aliphatic heterocycles. The van der Waals surface area contributed by atoms with Crippen LogP contribution in [0.1, 0.15) is 31.1 Å². The van der Waals surface area contributed by atoms with E-state index in [1.165, 1.54) is 5.56 Å². The molecule has 0 saturated carbocycles. The van der Waals surface area contributed by atoms with Gasteiger partial charge in [-0.1, -0.05) is 30.3 Å². The lowest BCUT2D eigenvalue weighted by Crippen LogP contribution is -2.10. The summed E-state index contributed by atoms with van der Waals surface area (Å²) in [5.41, 5.74) is 0.876. The van der Waals surface area contributed by atoms with E-state index in [2.05, 4.69) is 18.7 Å². The Hall–Kier alpha value is -0.940. The first-order chi connectivity index (χ1) is 6.55. The van der Waals surface area contributed by atoms with Gasteiger partial charge in [-0.2, -0.15) is 17.9 Å². The normalized spacial score (nSPS) is 13.3. The van der Waals surface area contributed by atoms with Crippen LogP contribution in [0.2, 0.25) is 0 Å². The van der Waals surface area contributed by atoms with Crippen LogP contribution >= 0.6 is 12.6 Å². The average Bonchev–Trinajstić information content (AvgIpc) is 2.19. The molecule has 1 aromatic rings. The van der Waals surface area contributed by atoms with E-state index in [0.29, 0.717) is 0 Å². The van der Waals surface area contributed by atoms with Crippen molar-refractivity contribution in [3.8, 4) is 6.07 Å². The molecule has 0 aliphatic rings. The van der Waals surface area contributed by atoms with E-state index in [0.717, 1.165) is 6.42 Å². The lowest BCUT2D eigenvalue weighted by atomic mass is 9.88. The Morgan fingerprint density at radius 1 is 1.36 bits per heavy atom. The monoisotopic (exact) mass is 205 g/mol. The Kier molecular flexibility index (Phi) is 3.60. The highest BCUT2D eigenvalue weighted by Gasteiger charge is 2.21. The molecule has 0 aromatic heterocycles. The SMILES string of the molecule is CC(C)(C#N)CC(S)c1ccccc1. The molecule has 0 bridgehead atoms. The van der Waals surface area contributed by atoms with Crippen molar-refractivity contribution in [2.75, 3.05) is 0 Å². The van der Waals surface area contributed by atoms with E-state index < -0.39 is 0 Å². The van der Waals surface area contributed by atoms with Gasteiger partial charge in [-0.15, -0.1) is 0 Å². The first-order valence-electron chi connectivity index (χ1n) is 4.69. The second kappa shape index (κ2) is 4.52. The molecule has 0 radical (unpaired) electrons. The second-order valence-electron chi connectivity index (χ2n) is 4.13. The summed E-state index contributed by atoms with van der Waals surface area (Å²) in [5.74, 6) is 0. The molecule has 0 fully saturated rings. The largest absolute Gasteiger partial charge is 0.198 e. The summed E-state index contributed by atoms with van der Waals surface area (Å²) in [6, 6.07) is 12.4. The Labute approximate surface area is 91.2 Å². The van der Waals surface area contributed by atoms with Crippen molar-refractivity contribution in [3.05, 3.63) is 35.9 Å². The molecule has 2 heteroatoms. The van der Waals surface area contributed by atoms with Gasteiger partial charge in [0.25, 0.3) is 0 Å². The van der Waals surface area contributed by atoms with Crippen LogP contribution in [0.4, 0.5) is 0 Å². The number of hydrogen-bond acceptors (Lipinski definition) is 2. The number of nitrogens with zero attached hydrogens (tertiary/aromatic N) is 1. The minimum absolute atomic E-state index is 0.144. The van der Waals surface area contributed by atoms with Crippen molar-refractivity contribution >= 4 is 12.6 Å². The quantitative estimate of drug-likeness (QED) is 0.749. The van der Waals surface area contributed by atoms with E-state index in [1.807, 2.05) is 44.2 Å². The Morgan fingerprint density at radius 3 is 2.43 bits per heavy atom. The van der Waals surface area contributed by atoms with Crippen molar-refractivity contribution in [1.29, 1.82) is 5.26 Å². The van der Waals surface area contributed by atoms with Crippen LogP contribution in [-0.2, 0) is 0 Å². The molecule has 0 amide bonds. The minimum atomic E-state index is -0.303. The molecule has 0 spiro atoms. The third-order valence-electron chi connectivity index (χ3n) is 2.19. The molecule has 1 rings (SSSR count). The molecule has 1 nitrogen and oxygen atoms in total. The molecule has 0 N–H and O–H groups in total. The van der Waals surface area contributed by atoms with Gasteiger partial charge < -0.3 is 0 Å². The fourth-order valence-electron chi connectivity index (χ4n) is 1.32. The van der Waals surface area contributed by atoms with Gasteiger partial charge in [0.05, 0.1) is 11.5 Å². The summed E-state index contributed by atoms with van der Waals surface area (Å²) in [5, 5.41) is 9.05. The maximum atomic E-state index is 8.91. The van der Waals surface area contributed by atoms with Gasteiger partial charge in [-0.05, 0) is 25.8 Å². The van der Waals surface area contributed by atoms with Crippen LogP contribution in [0.5, 0.6) is 0 Å². The Balaban J connectivity index is 2.70. The van der Waals surface area contributed by atoms with Crippen LogP contribution in [-0.4, -0.2) is 0 Å². The molecule has 0 heterocycles. The number of hydrogen-bond donors (Lipinski definition) is 1. The van der Waals surface area contributed by atoms with E-state index >= 15 is 0 Å². The highest BCUT2D eigenvalue weighted by molar-refractivity contribution is 7.80. The second-order valence-corrected chi connectivity index (χ2v) is 4.75. The molecule has 0 aliphatic carbocycles. The Morgan fingerprint density at radius 2 is 1.93 bits per heavy atom. The zero-order valence-corrected chi connectivity index (χ0v) is 9.46. The first-order valence-corrected chi connectivity index (χ1v) is 5.21. The van der Waals surface area contributed by atoms with Crippen LogP contribution in [0, 0.1) is 16.7 Å². The molecule has 0 saturated heterocycles. The van der Waals surface area contributed by atoms with Gasteiger partial charge >= 0.3 is 0 Å². The van der Waals surface area contributed by atoms with Gasteiger partial charge in [0, 0.05) is 5.25 Å². The van der Waals surface area contributed by atoms with Crippen molar-refractivity contribution in [2.24, 2.45) is 5.41 Å². The van der Waals surface area contributed by atoms with Crippen LogP contribution < -0.4 is 0 Å². The van der Waals surface area contributed by atoms with Gasteiger partial charge in [-0.25, -0.2) is 0 Å².